The third kappa shape index (κ3) is 2.54. The molecule has 2 rings (SSSR count). The molecule has 0 fully saturated rings. The highest BCUT2D eigenvalue weighted by Crippen LogP contribution is 2.38. The molecule has 94 valence electrons. The summed E-state index contributed by atoms with van der Waals surface area (Å²) in [6.45, 7) is 0. The molecule has 0 saturated carbocycles. The van der Waals surface area contributed by atoms with Gasteiger partial charge in [0.2, 0.25) is 0 Å². The first kappa shape index (κ1) is 13.0. The number of halogens is 5. The average molecular weight is 294 g/mol. The second kappa shape index (κ2) is 4.70. The standard InChI is InChI=1S/C10H4Cl2F3N3/c11-8-3-5(9(12)18-17-8)6-4-16-2-1-7(6)10(13,14)15/h1-4H. The van der Waals surface area contributed by atoms with E-state index in [1.165, 1.54) is 6.07 Å². The molecule has 0 aromatic carbocycles. The highest BCUT2D eigenvalue weighted by molar-refractivity contribution is 6.33. The number of alkyl halides is 3. The quantitative estimate of drug-likeness (QED) is 0.801. The number of aromatic nitrogens is 3. The number of hydrogen-bond acceptors (Lipinski definition) is 3. The highest BCUT2D eigenvalue weighted by Gasteiger charge is 2.34. The molecule has 0 spiro atoms. The molecule has 3 nitrogen and oxygen atoms in total. The van der Waals surface area contributed by atoms with E-state index in [9.17, 15) is 13.2 Å². The molecule has 18 heavy (non-hydrogen) atoms. The molecular weight excluding hydrogens is 290 g/mol. The van der Waals surface area contributed by atoms with Crippen molar-refractivity contribution >= 4 is 23.2 Å². The van der Waals surface area contributed by atoms with Gasteiger partial charge in [-0.15, -0.1) is 10.2 Å². The number of hydrogen-bond donors (Lipinski definition) is 0. The third-order valence-corrected chi connectivity index (χ3v) is 2.60. The molecule has 0 aliphatic carbocycles. The molecule has 0 amide bonds. The van der Waals surface area contributed by atoms with E-state index in [0.29, 0.717) is 0 Å². The minimum absolute atomic E-state index is 0.0390. The van der Waals surface area contributed by atoms with Crippen molar-refractivity contribution in [1.29, 1.82) is 0 Å². The van der Waals surface area contributed by atoms with Crippen molar-refractivity contribution in [3.8, 4) is 11.1 Å². The Labute approximate surface area is 110 Å². The molecule has 2 aromatic heterocycles. The second-order valence-corrected chi connectivity index (χ2v) is 4.04. The summed E-state index contributed by atoms with van der Waals surface area (Å²) in [5, 5.41) is 6.69. The monoisotopic (exact) mass is 293 g/mol. The van der Waals surface area contributed by atoms with Gasteiger partial charge in [-0.25, -0.2) is 0 Å². The minimum Gasteiger partial charge on any atom is -0.264 e. The molecule has 2 heterocycles. The Morgan fingerprint density at radius 2 is 1.78 bits per heavy atom. The van der Waals surface area contributed by atoms with Gasteiger partial charge in [-0.3, -0.25) is 4.98 Å². The van der Waals surface area contributed by atoms with Crippen LogP contribution in [0.2, 0.25) is 10.3 Å². The van der Waals surface area contributed by atoms with Crippen molar-refractivity contribution in [2.24, 2.45) is 0 Å². The largest absolute Gasteiger partial charge is 0.417 e. The Morgan fingerprint density at radius 3 is 2.44 bits per heavy atom. The van der Waals surface area contributed by atoms with Gasteiger partial charge in [0, 0.05) is 23.5 Å². The summed E-state index contributed by atoms with van der Waals surface area (Å²) in [7, 11) is 0. The predicted molar refractivity (Wildman–Crippen MR) is 60.3 cm³/mol. The maximum Gasteiger partial charge on any atom is 0.417 e. The van der Waals surface area contributed by atoms with E-state index in [-0.39, 0.29) is 21.4 Å². The molecule has 0 aliphatic heterocycles. The molecule has 0 N–H and O–H groups in total. The van der Waals surface area contributed by atoms with Gasteiger partial charge in [0.05, 0.1) is 5.56 Å². The fourth-order valence-electron chi connectivity index (χ4n) is 1.40. The van der Waals surface area contributed by atoms with Crippen LogP contribution in [-0.4, -0.2) is 15.2 Å². The molecule has 2 aromatic rings. The average Bonchev–Trinajstić information content (AvgIpc) is 2.31. The second-order valence-electron chi connectivity index (χ2n) is 3.29. The first-order valence-electron chi connectivity index (χ1n) is 4.60. The van der Waals surface area contributed by atoms with Gasteiger partial charge in [-0.05, 0) is 12.1 Å². The Kier molecular flexibility index (Phi) is 3.41. The lowest BCUT2D eigenvalue weighted by molar-refractivity contribution is -0.137. The maximum absolute atomic E-state index is 12.8. The fraction of sp³-hybridized carbons (Fsp3) is 0.100. The number of rotatable bonds is 1. The van der Waals surface area contributed by atoms with Gasteiger partial charge in [0.15, 0.2) is 10.3 Å². The van der Waals surface area contributed by atoms with Crippen LogP contribution in [0.3, 0.4) is 0 Å². The van der Waals surface area contributed by atoms with Crippen molar-refractivity contribution in [1.82, 2.24) is 15.2 Å². The maximum atomic E-state index is 12.8. The van der Waals surface area contributed by atoms with Gasteiger partial charge in [-0.2, -0.15) is 13.2 Å². The molecule has 0 radical (unpaired) electrons. The summed E-state index contributed by atoms with van der Waals surface area (Å²) >= 11 is 11.3. The molecule has 0 bridgehead atoms. The van der Waals surface area contributed by atoms with E-state index >= 15 is 0 Å². The molecule has 0 unspecified atom stereocenters. The van der Waals surface area contributed by atoms with Crippen LogP contribution in [0.4, 0.5) is 13.2 Å². The first-order valence-corrected chi connectivity index (χ1v) is 5.35. The summed E-state index contributed by atoms with van der Waals surface area (Å²) in [6.07, 6.45) is -2.41. The molecule has 0 atom stereocenters. The summed E-state index contributed by atoms with van der Waals surface area (Å²) in [6, 6.07) is 2.07. The van der Waals surface area contributed by atoms with E-state index in [0.717, 1.165) is 18.5 Å². The number of pyridine rings is 1. The van der Waals surface area contributed by atoms with Crippen molar-refractivity contribution < 1.29 is 13.2 Å². The molecule has 8 heteroatoms. The van der Waals surface area contributed by atoms with Gasteiger partial charge < -0.3 is 0 Å². The van der Waals surface area contributed by atoms with E-state index in [1.54, 1.807) is 0 Å². The van der Waals surface area contributed by atoms with Gasteiger partial charge in [-0.1, -0.05) is 23.2 Å². The van der Waals surface area contributed by atoms with Gasteiger partial charge in [0.1, 0.15) is 0 Å². The van der Waals surface area contributed by atoms with E-state index in [2.05, 4.69) is 15.2 Å². The summed E-state index contributed by atoms with van der Waals surface area (Å²) in [5.74, 6) is 0. The zero-order valence-electron chi connectivity index (χ0n) is 8.54. The van der Waals surface area contributed by atoms with E-state index < -0.39 is 11.7 Å². The topological polar surface area (TPSA) is 38.7 Å². The Bertz CT molecular complexity index is 587. The van der Waals surface area contributed by atoms with Crippen LogP contribution in [0.5, 0.6) is 0 Å². The fourth-order valence-corrected chi connectivity index (χ4v) is 1.74. The smallest absolute Gasteiger partial charge is 0.264 e. The third-order valence-electron chi connectivity index (χ3n) is 2.14. The van der Waals surface area contributed by atoms with Crippen LogP contribution in [-0.2, 0) is 6.18 Å². The zero-order chi connectivity index (χ0) is 13.3. The summed E-state index contributed by atoms with van der Waals surface area (Å²) in [4.78, 5) is 3.66. The van der Waals surface area contributed by atoms with Crippen molar-refractivity contribution in [2.75, 3.05) is 0 Å². The zero-order valence-corrected chi connectivity index (χ0v) is 10.1. The van der Waals surface area contributed by atoms with Crippen LogP contribution in [0, 0.1) is 0 Å². The van der Waals surface area contributed by atoms with Crippen LogP contribution >= 0.6 is 23.2 Å². The van der Waals surface area contributed by atoms with Crippen LogP contribution in [0.25, 0.3) is 11.1 Å². The van der Waals surface area contributed by atoms with Gasteiger partial charge in [0.25, 0.3) is 0 Å². The van der Waals surface area contributed by atoms with E-state index in [1.807, 2.05) is 0 Å². The van der Waals surface area contributed by atoms with Crippen molar-refractivity contribution in [3.63, 3.8) is 0 Å². The molecule has 0 saturated heterocycles. The summed E-state index contributed by atoms with van der Waals surface area (Å²) < 4.78 is 38.5. The normalized spacial score (nSPS) is 11.6. The van der Waals surface area contributed by atoms with Crippen molar-refractivity contribution in [2.45, 2.75) is 6.18 Å². The highest BCUT2D eigenvalue weighted by atomic mass is 35.5. The van der Waals surface area contributed by atoms with Crippen LogP contribution in [0.1, 0.15) is 5.56 Å². The molecular formula is C10H4Cl2F3N3. The SMILES string of the molecule is FC(F)(F)c1ccncc1-c1cc(Cl)nnc1Cl. The first-order chi connectivity index (χ1) is 8.39. The van der Waals surface area contributed by atoms with E-state index in [4.69, 9.17) is 23.2 Å². The Balaban J connectivity index is 2.68. The lowest BCUT2D eigenvalue weighted by Crippen LogP contribution is -2.07. The van der Waals surface area contributed by atoms with Crippen LogP contribution in [0.15, 0.2) is 24.5 Å². The Morgan fingerprint density at radius 1 is 1.06 bits per heavy atom. The molecule has 0 aliphatic rings. The lowest BCUT2D eigenvalue weighted by Gasteiger charge is -2.12. The predicted octanol–water partition coefficient (Wildman–Crippen LogP) is 3.86. The Hall–Kier alpha value is -1.40. The van der Waals surface area contributed by atoms with Crippen LogP contribution < -0.4 is 0 Å². The number of nitrogens with zero attached hydrogens (tertiary/aromatic N) is 3. The van der Waals surface area contributed by atoms with Gasteiger partial charge >= 0.3 is 6.18 Å². The minimum atomic E-state index is -4.52. The van der Waals surface area contributed by atoms with Crippen molar-refractivity contribution in [3.05, 3.63) is 40.4 Å². The summed E-state index contributed by atoms with van der Waals surface area (Å²) in [5.41, 5.74) is -1.01. The lowest BCUT2D eigenvalue weighted by atomic mass is 10.0.